The Hall–Kier alpha value is -3.70. The molecule has 1 N–H and O–H groups in total. The van der Waals surface area contributed by atoms with Crippen LogP contribution in [0.4, 0.5) is 11.4 Å². The van der Waals surface area contributed by atoms with E-state index >= 15 is 0 Å². The van der Waals surface area contributed by atoms with Gasteiger partial charge in [-0.05, 0) is 61.9 Å². The second kappa shape index (κ2) is 10.1. The van der Waals surface area contributed by atoms with Crippen LogP contribution < -0.4 is 5.32 Å². The van der Waals surface area contributed by atoms with Crippen LogP contribution in [0.15, 0.2) is 108 Å². The van der Waals surface area contributed by atoms with Crippen LogP contribution in [0, 0.1) is 13.2 Å². The minimum absolute atomic E-state index is 0.0419. The molecule has 5 heteroatoms. The Kier molecular flexibility index (Phi) is 7.14. The van der Waals surface area contributed by atoms with E-state index in [-0.39, 0.29) is 10.3 Å². The molecular formula is C31H32N2O2S. The van der Waals surface area contributed by atoms with Gasteiger partial charge in [0.15, 0.2) is 5.71 Å². The van der Waals surface area contributed by atoms with Crippen molar-refractivity contribution in [3.63, 3.8) is 0 Å². The molecule has 0 spiro atoms. The molecule has 0 unspecified atom stereocenters. The van der Waals surface area contributed by atoms with Crippen molar-refractivity contribution >= 4 is 37.7 Å². The lowest BCUT2D eigenvalue weighted by Crippen LogP contribution is -2.27. The standard InChI is InChI=1S/C23H22N2.C8H9O2S/c1-23(2)21(15-16-24-18-10-5-4-6-11-18)25(3)20-14-13-17-9-7-8-12-19(17)22(20)23;1-7-3-5-8(6-4-7)11(2,9)10/h4-16H,1-3H3;3-6H,2H2,1H3/q;-1/p+1. The molecule has 4 aromatic rings. The Balaban J connectivity index is 0.000000233. The number of aryl methyl sites for hydroxylation is 1. The molecular weight excluding hydrogens is 464 g/mol. The normalized spacial score (nSPS) is 14.5. The highest BCUT2D eigenvalue weighted by Gasteiger charge is 2.44. The Labute approximate surface area is 214 Å². The van der Waals surface area contributed by atoms with Crippen LogP contribution in [-0.2, 0) is 15.3 Å². The maximum Gasteiger partial charge on any atom is 0.210 e. The zero-order valence-electron chi connectivity index (χ0n) is 21.2. The number of nitrogens with one attached hydrogen (secondary N) is 1. The van der Waals surface area contributed by atoms with Gasteiger partial charge in [-0.2, -0.15) is 4.58 Å². The summed E-state index contributed by atoms with van der Waals surface area (Å²) in [6.45, 7) is 6.52. The van der Waals surface area contributed by atoms with Crippen LogP contribution in [0.2, 0.25) is 0 Å². The van der Waals surface area contributed by atoms with Gasteiger partial charge < -0.3 is 5.32 Å². The van der Waals surface area contributed by atoms with Crippen molar-refractivity contribution in [2.45, 2.75) is 31.1 Å². The number of fused-ring (bicyclic) bond motifs is 3. The molecule has 4 nitrogen and oxygen atoms in total. The third-order valence-corrected chi connectivity index (χ3v) is 7.53. The summed E-state index contributed by atoms with van der Waals surface area (Å²) in [6.07, 6.45) is 7.28. The number of allylic oxidation sites excluding steroid dienone is 1. The summed E-state index contributed by atoms with van der Waals surface area (Å²) >= 11 is 0. The number of nitrogens with zero attached hydrogens (tertiary/aromatic N) is 1. The first kappa shape index (κ1) is 25.4. The molecule has 0 saturated heterocycles. The molecule has 1 heterocycles. The van der Waals surface area contributed by atoms with Crippen molar-refractivity contribution in [3.05, 3.63) is 121 Å². The van der Waals surface area contributed by atoms with Gasteiger partial charge in [0.2, 0.25) is 5.69 Å². The van der Waals surface area contributed by atoms with Crippen molar-refractivity contribution in [1.82, 2.24) is 0 Å². The monoisotopic (exact) mass is 496 g/mol. The molecule has 184 valence electrons. The average Bonchev–Trinajstić information content (AvgIpc) is 3.05. The van der Waals surface area contributed by atoms with E-state index in [0.717, 1.165) is 11.3 Å². The molecule has 0 radical (unpaired) electrons. The first-order valence-corrected chi connectivity index (χ1v) is 13.5. The van der Waals surface area contributed by atoms with Gasteiger partial charge in [0, 0.05) is 44.3 Å². The zero-order valence-corrected chi connectivity index (χ0v) is 22.0. The van der Waals surface area contributed by atoms with Crippen LogP contribution in [0.3, 0.4) is 0 Å². The van der Waals surface area contributed by atoms with E-state index in [4.69, 9.17) is 0 Å². The van der Waals surface area contributed by atoms with E-state index < -0.39 is 9.84 Å². The number of hydrogen-bond acceptors (Lipinski definition) is 3. The topological polar surface area (TPSA) is 49.2 Å². The van der Waals surface area contributed by atoms with Crippen LogP contribution in [0.1, 0.15) is 25.0 Å². The lowest BCUT2D eigenvalue weighted by Gasteiger charge is -2.17. The predicted octanol–water partition coefficient (Wildman–Crippen LogP) is 7.03. The number of benzene rings is 4. The molecule has 0 aliphatic carbocycles. The Morgan fingerprint density at radius 1 is 0.861 bits per heavy atom. The van der Waals surface area contributed by atoms with Crippen molar-refractivity contribution in [1.29, 1.82) is 0 Å². The molecule has 0 amide bonds. The van der Waals surface area contributed by atoms with Gasteiger partial charge >= 0.3 is 0 Å². The Bertz CT molecular complexity index is 1550. The van der Waals surface area contributed by atoms with Crippen molar-refractivity contribution in [2.24, 2.45) is 0 Å². The Morgan fingerprint density at radius 2 is 1.50 bits per heavy atom. The molecule has 4 aromatic carbocycles. The number of hydrogen-bond donors (Lipinski definition) is 1. The summed E-state index contributed by atoms with van der Waals surface area (Å²) in [5.41, 5.74) is 6.09. The largest absolute Gasteiger partial charge is 0.361 e. The highest BCUT2D eigenvalue weighted by molar-refractivity contribution is 7.92. The highest BCUT2D eigenvalue weighted by atomic mass is 32.2. The quantitative estimate of drug-likeness (QED) is 0.244. The van der Waals surface area contributed by atoms with Gasteiger partial charge in [0.05, 0.1) is 5.41 Å². The lowest BCUT2D eigenvalue weighted by atomic mass is 9.79. The zero-order chi connectivity index (χ0) is 25.9. The second-order valence-corrected chi connectivity index (χ2v) is 11.2. The molecule has 0 saturated carbocycles. The lowest BCUT2D eigenvalue weighted by molar-refractivity contribution is -0.401. The van der Waals surface area contributed by atoms with E-state index in [0.29, 0.717) is 0 Å². The first-order chi connectivity index (χ1) is 17.1. The minimum Gasteiger partial charge on any atom is -0.361 e. The van der Waals surface area contributed by atoms with E-state index in [2.05, 4.69) is 91.7 Å². The van der Waals surface area contributed by atoms with Crippen molar-refractivity contribution < 1.29 is 13.0 Å². The van der Waals surface area contributed by atoms with Crippen LogP contribution in [0.25, 0.3) is 10.8 Å². The number of para-hydroxylation sites is 1. The summed E-state index contributed by atoms with van der Waals surface area (Å²) in [4.78, 5) is 0.267. The third kappa shape index (κ3) is 5.26. The number of sulfone groups is 1. The third-order valence-electron chi connectivity index (χ3n) is 6.54. The molecule has 5 rings (SSSR count). The minimum atomic E-state index is -3.27. The van der Waals surface area contributed by atoms with Gasteiger partial charge in [-0.15, -0.1) is 0 Å². The van der Waals surface area contributed by atoms with E-state index in [1.807, 2.05) is 31.3 Å². The summed E-state index contributed by atoms with van der Waals surface area (Å²) in [7, 11) is -1.11. The molecule has 0 atom stereocenters. The molecule has 0 aromatic heterocycles. The van der Waals surface area contributed by atoms with Gasteiger partial charge in [-0.3, -0.25) is 8.42 Å². The molecule has 0 fully saturated rings. The average molecular weight is 497 g/mol. The van der Waals surface area contributed by atoms with Gasteiger partial charge in [-0.1, -0.05) is 60.2 Å². The maximum atomic E-state index is 10.8. The fraction of sp³-hybridized carbons (Fsp3) is 0.161. The highest BCUT2D eigenvalue weighted by Crippen LogP contribution is 2.43. The first-order valence-electron chi connectivity index (χ1n) is 11.9. The molecule has 36 heavy (non-hydrogen) atoms. The van der Waals surface area contributed by atoms with E-state index in [9.17, 15) is 8.42 Å². The van der Waals surface area contributed by atoms with Crippen LogP contribution in [-0.4, -0.2) is 25.8 Å². The molecule has 1 aliphatic rings. The Morgan fingerprint density at radius 3 is 2.17 bits per heavy atom. The SMILES string of the molecule is C[N+]1=C(/C=C/Nc2ccccc2)C(C)(C)c2c1ccc1ccccc21.[CH2-]S(=O)(=O)c1ccc(C)cc1. The summed E-state index contributed by atoms with van der Waals surface area (Å²) in [6, 6.07) is 30.0. The van der Waals surface area contributed by atoms with Crippen LogP contribution >= 0.6 is 0 Å². The predicted molar refractivity (Wildman–Crippen MR) is 151 cm³/mol. The van der Waals surface area contributed by atoms with Crippen molar-refractivity contribution in [2.75, 3.05) is 12.4 Å². The maximum absolute atomic E-state index is 10.8. The fourth-order valence-electron chi connectivity index (χ4n) is 4.69. The fourth-order valence-corrected chi connectivity index (χ4v) is 5.24. The number of rotatable bonds is 4. The summed E-state index contributed by atoms with van der Waals surface area (Å²) < 4.78 is 24.0. The molecule has 0 bridgehead atoms. The smallest absolute Gasteiger partial charge is 0.210 e. The van der Waals surface area contributed by atoms with E-state index in [1.165, 1.54) is 27.7 Å². The van der Waals surface area contributed by atoms with Gasteiger partial charge in [0.25, 0.3) is 0 Å². The molecule has 1 aliphatic heterocycles. The van der Waals surface area contributed by atoms with Gasteiger partial charge in [-0.25, -0.2) is 6.26 Å². The second-order valence-electron chi connectivity index (χ2n) is 9.52. The van der Waals surface area contributed by atoms with Gasteiger partial charge in [0.1, 0.15) is 7.05 Å². The summed E-state index contributed by atoms with van der Waals surface area (Å²) in [5.74, 6) is 0. The van der Waals surface area contributed by atoms with E-state index in [1.54, 1.807) is 24.3 Å². The van der Waals surface area contributed by atoms with Crippen LogP contribution in [0.5, 0.6) is 0 Å². The summed E-state index contributed by atoms with van der Waals surface area (Å²) in [5, 5.41) is 6.01. The van der Waals surface area contributed by atoms with Crippen molar-refractivity contribution in [3.8, 4) is 0 Å². The number of anilines is 1.